The summed E-state index contributed by atoms with van der Waals surface area (Å²) in [6.45, 7) is 3.33. The first-order valence-corrected chi connectivity index (χ1v) is 4.49. The maximum absolute atomic E-state index is 8.79. The summed E-state index contributed by atoms with van der Waals surface area (Å²) in [5.41, 5.74) is 0. The number of halogens is 1. The largest absolute Gasteiger partial charge is 0.395 e. The third-order valence-electron chi connectivity index (χ3n) is 1.69. The zero-order valence-corrected chi connectivity index (χ0v) is 8.20. The molecule has 0 saturated carbocycles. The molecule has 5 heteroatoms. The minimum absolute atomic E-state index is 0.0841. The Morgan fingerprint density at radius 3 is 2.69 bits per heavy atom. The molecule has 1 aromatic rings. The van der Waals surface area contributed by atoms with E-state index in [4.69, 9.17) is 16.7 Å². The Kier molecular flexibility index (Phi) is 3.92. The standard InChI is InChI=1S/C8H12ClN3O/c1-2-12(5-6-13)8-7(9)10-3-4-11-8/h3-4,13H,2,5-6H2,1H3. The third kappa shape index (κ3) is 2.54. The van der Waals surface area contributed by atoms with Crippen LogP contribution in [-0.2, 0) is 0 Å². The zero-order chi connectivity index (χ0) is 9.68. The fraction of sp³-hybridized carbons (Fsp3) is 0.500. The molecular formula is C8H12ClN3O. The predicted molar refractivity (Wildman–Crippen MR) is 52.0 cm³/mol. The van der Waals surface area contributed by atoms with Gasteiger partial charge in [-0.25, -0.2) is 9.97 Å². The molecule has 72 valence electrons. The molecule has 13 heavy (non-hydrogen) atoms. The van der Waals surface area contributed by atoms with E-state index < -0.39 is 0 Å². The van der Waals surface area contributed by atoms with Crippen molar-refractivity contribution < 1.29 is 5.11 Å². The Hall–Kier alpha value is -0.870. The van der Waals surface area contributed by atoms with Crippen LogP contribution in [0.5, 0.6) is 0 Å². The van der Waals surface area contributed by atoms with Gasteiger partial charge in [0.1, 0.15) is 0 Å². The molecule has 0 saturated heterocycles. The number of hydrogen-bond donors (Lipinski definition) is 1. The van der Waals surface area contributed by atoms with Gasteiger partial charge in [-0.05, 0) is 6.92 Å². The van der Waals surface area contributed by atoms with Crippen molar-refractivity contribution in [2.24, 2.45) is 0 Å². The van der Waals surface area contributed by atoms with Gasteiger partial charge in [0.15, 0.2) is 11.0 Å². The van der Waals surface area contributed by atoms with Crippen LogP contribution < -0.4 is 4.90 Å². The monoisotopic (exact) mass is 201 g/mol. The average molecular weight is 202 g/mol. The van der Waals surface area contributed by atoms with Crippen molar-refractivity contribution in [2.45, 2.75) is 6.92 Å². The fourth-order valence-corrected chi connectivity index (χ4v) is 1.28. The van der Waals surface area contributed by atoms with Crippen molar-refractivity contribution in [3.05, 3.63) is 17.5 Å². The topological polar surface area (TPSA) is 49.2 Å². The van der Waals surface area contributed by atoms with E-state index in [2.05, 4.69) is 9.97 Å². The van der Waals surface area contributed by atoms with Crippen molar-refractivity contribution in [1.29, 1.82) is 0 Å². The summed E-state index contributed by atoms with van der Waals surface area (Å²) in [5, 5.41) is 9.16. The van der Waals surface area contributed by atoms with Crippen LogP contribution in [0.1, 0.15) is 6.92 Å². The Labute approximate surface area is 82.2 Å². The zero-order valence-electron chi connectivity index (χ0n) is 7.44. The van der Waals surface area contributed by atoms with E-state index in [0.717, 1.165) is 6.54 Å². The molecule has 1 heterocycles. The van der Waals surface area contributed by atoms with E-state index in [1.165, 1.54) is 0 Å². The van der Waals surface area contributed by atoms with E-state index in [1.54, 1.807) is 12.4 Å². The molecule has 0 atom stereocenters. The molecule has 1 N–H and O–H groups in total. The first kappa shape index (κ1) is 10.2. The van der Waals surface area contributed by atoms with Crippen LogP contribution in [0, 0.1) is 0 Å². The van der Waals surface area contributed by atoms with Gasteiger partial charge in [-0.3, -0.25) is 0 Å². The lowest BCUT2D eigenvalue weighted by Gasteiger charge is -2.20. The number of anilines is 1. The van der Waals surface area contributed by atoms with Gasteiger partial charge in [-0.1, -0.05) is 11.6 Å². The van der Waals surface area contributed by atoms with Crippen molar-refractivity contribution >= 4 is 17.4 Å². The maximum atomic E-state index is 8.79. The second-order valence-electron chi connectivity index (χ2n) is 2.47. The number of hydrogen-bond acceptors (Lipinski definition) is 4. The molecule has 0 aliphatic rings. The summed E-state index contributed by atoms with van der Waals surface area (Å²) < 4.78 is 0. The van der Waals surface area contributed by atoms with Crippen LogP contribution in [0.25, 0.3) is 0 Å². The molecule has 0 aliphatic carbocycles. The third-order valence-corrected chi connectivity index (χ3v) is 1.95. The summed E-state index contributed by atoms with van der Waals surface area (Å²) in [5.74, 6) is 0.626. The minimum Gasteiger partial charge on any atom is -0.395 e. The number of aliphatic hydroxyl groups excluding tert-OH is 1. The predicted octanol–water partition coefficient (Wildman–Crippen LogP) is 0.949. The van der Waals surface area contributed by atoms with E-state index in [9.17, 15) is 0 Å². The van der Waals surface area contributed by atoms with E-state index >= 15 is 0 Å². The highest BCUT2D eigenvalue weighted by Gasteiger charge is 2.09. The molecule has 0 radical (unpaired) electrons. The summed E-state index contributed by atoms with van der Waals surface area (Å²) in [6.07, 6.45) is 3.12. The van der Waals surface area contributed by atoms with Crippen LogP contribution >= 0.6 is 11.6 Å². The van der Waals surface area contributed by atoms with Gasteiger partial charge >= 0.3 is 0 Å². The van der Waals surface area contributed by atoms with Gasteiger partial charge < -0.3 is 10.0 Å². The molecule has 0 aliphatic heterocycles. The number of aliphatic hydroxyl groups is 1. The molecule has 0 spiro atoms. The highest BCUT2D eigenvalue weighted by Crippen LogP contribution is 2.18. The van der Waals surface area contributed by atoms with Crippen LogP contribution in [0.2, 0.25) is 5.15 Å². The van der Waals surface area contributed by atoms with E-state index in [-0.39, 0.29) is 6.61 Å². The molecule has 1 aromatic heterocycles. The first-order valence-electron chi connectivity index (χ1n) is 4.12. The van der Waals surface area contributed by atoms with Crippen molar-refractivity contribution in [1.82, 2.24) is 9.97 Å². The molecule has 4 nitrogen and oxygen atoms in total. The lowest BCUT2D eigenvalue weighted by atomic mass is 10.5. The SMILES string of the molecule is CCN(CCO)c1nccnc1Cl. The van der Waals surface area contributed by atoms with Crippen LogP contribution in [0.4, 0.5) is 5.82 Å². The first-order chi connectivity index (χ1) is 6.29. The summed E-state index contributed by atoms with van der Waals surface area (Å²) >= 11 is 5.84. The van der Waals surface area contributed by atoms with Crippen LogP contribution in [0.3, 0.4) is 0 Å². The number of rotatable bonds is 4. The van der Waals surface area contributed by atoms with Crippen molar-refractivity contribution in [3.8, 4) is 0 Å². The molecule has 0 fully saturated rings. The Morgan fingerprint density at radius 2 is 2.15 bits per heavy atom. The molecule has 0 bridgehead atoms. The van der Waals surface area contributed by atoms with Gasteiger partial charge in [0.05, 0.1) is 6.61 Å². The quantitative estimate of drug-likeness (QED) is 0.788. The highest BCUT2D eigenvalue weighted by atomic mass is 35.5. The maximum Gasteiger partial charge on any atom is 0.171 e. The lowest BCUT2D eigenvalue weighted by molar-refractivity contribution is 0.302. The van der Waals surface area contributed by atoms with Gasteiger partial charge in [0, 0.05) is 25.5 Å². The van der Waals surface area contributed by atoms with Crippen molar-refractivity contribution in [2.75, 3.05) is 24.6 Å². The van der Waals surface area contributed by atoms with Crippen LogP contribution in [0.15, 0.2) is 12.4 Å². The average Bonchev–Trinajstić information content (AvgIpc) is 2.16. The van der Waals surface area contributed by atoms with Gasteiger partial charge in [-0.2, -0.15) is 0 Å². The molecule has 1 rings (SSSR count). The number of aromatic nitrogens is 2. The van der Waals surface area contributed by atoms with Gasteiger partial charge in [-0.15, -0.1) is 0 Å². The Bertz CT molecular complexity index is 269. The van der Waals surface area contributed by atoms with E-state index in [1.807, 2.05) is 11.8 Å². The van der Waals surface area contributed by atoms with Crippen LogP contribution in [-0.4, -0.2) is 34.8 Å². The normalized spacial score (nSPS) is 10.1. The van der Waals surface area contributed by atoms with Gasteiger partial charge in [0.2, 0.25) is 0 Å². The highest BCUT2D eigenvalue weighted by molar-refractivity contribution is 6.31. The number of nitrogens with zero attached hydrogens (tertiary/aromatic N) is 3. The summed E-state index contributed by atoms with van der Waals surface area (Å²) in [7, 11) is 0. The Balaban J connectivity index is 2.84. The molecule has 0 unspecified atom stereocenters. The van der Waals surface area contributed by atoms with E-state index in [0.29, 0.717) is 17.5 Å². The summed E-state index contributed by atoms with van der Waals surface area (Å²) in [4.78, 5) is 9.87. The summed E-state index contributed by atoms with van der Waals surface area (Å²) in [6, 6.07) is 0. The molecule has 0 aromatic carbocycles. The minimum atomic E-state index is 0.0841. The molecule has 0 amide bonds. The Morgan fingerprint density at radius 1 is 1.46 bits per heavy atom. The molecular weight excluding hydrogens is 190 g/mol. The number of likely N-dealkylation sites (N-methyl/N-ethyl adjacent to an activating group) is 1. The lowest BCUT2D eigenvalue weighted by Crippen LogP contribution is -2.27. The van der Waals surface area contributed by atoms with Gasteiger partial charge in [0.25, 0.3) is 0 Å². The smallest absolute Gasteiger partial charge is 0.171 e. The van der Waals surface area contributed by atoms with Crippen molar-refractivity contribution in [3.63, 3.8) is 0 Å². The second kappa shape index (κ2) is 4.99. The second-order valence-corrected chi connectivity index (χ2v) is 2.83. The fourth-order valence-electron chi connectivity index (χ4n) is 1.06.